The van der Waals surface area contributed by atoms with E-state index in [4.69, 9.17) is 15.5 Å². The number of ketones is 1. The summed E-state index contributed by atoms with van der Waals surface area (Å²) >= 11 is 0. The summed E-state index contributed by atoms with van der Waals surface area (Å²) in [4.78, 5) is 23.1. The lowest BCUT2D eigenvalue weighted by Crippen LogP contribution is -2.22. The maximum absolute atomic E-state index is 11.6. The van der Waals surface area contributed by atoms with Crippen LogP contribution < -0.4 is 10.2 Å². The first-order chi connectivity index (χ1) is 9.53. The van der Waals surface area contributed by atoms with Crippen molar-refractivity contribution in [3.63, 3.8) is 0 Å². The van der Waals surface area contributed by atoms with E-state index in [-0.39, 0.29) is 5.57 Å². The molecule has 20 heavy (non-hydrogen) atoms. The number of carbonyl (C=O) groups excluding carboxylic acids is 2. The van der Waals surface area contributed by atoms with Gasteiger partial charge in [-0.05, 0) is 31.2 Å². The fourth-order valence-corrected chi connectivity index (χ4v) is 1.49. The number of rotatable bonds is 5. The van der Waals surface area contributed by atoms with Gasteiger partial charge in [0, 0.05) is 5.56 Å². The van der Waals surface area contributed by atoms with Crippen LogP contribution in [0.25, 0.3) is 6.08 Å². The van der Waals surface area contributed by atoms with Crippen LogP contribution >= 0.6 is 0 Å². The number of methoxy groups -OCH3 is 1. The topological polar surface area (TPSA) is 115 Å². The zero-order valence-corrected chi connectivity index (χ0v) is 10.9. The largest absolute Gasteiger partial charge is 0.496 e. The second kappa shape index (κ2) is 6.80. The van der Waals surface area contributed by atoms with E-state index in [0.717, 1.165) is 0 Å². The molecule has 102 valence electrons. The molecular formula is C13H12N4O3. The molecule has 1 aromatic carbocycles. The first kappa shape index (κ1) is 15.0. The molecule has 0 saturated heterocycles. The van der Waals surface area contributed by atoms with Crippen LogP contribution in [0.15, 0.2) is 29.0 Å². The number of ether oxygens (including phenoxy) is 1. The van der Waals surface area contributed by atoms with Crippen LogP contribution in [-0.2, 0) is 9.59 Å². The minimum Gasteiger partial charge on any atom is -0.496 e. The molecule has 0 aliphatic rings. The first-order valence-electron chi connectivity index (χ1n) is 5.51. The molecule has 7 heteroatoms. The van der Waals surface area contributed by atoms with Crippen LogP contribution in [-0.4, -0.2) is 18.8 Å². The Morgan fingerprint density at radius 1 is 1.50 bits per heavy atom. The van der Waals surface area contributed by atoms with Gasteiger partial charge in [-0.3, -0.25) is 9.59 Å². The second-order valence-electron chi connectivity index (χ2n) is 3.74. The highest BCUT2D eigenvalue weighted by Gasteiger charge is 2.15. The Morgan fingerprint density at radius 2 is 2.20 bits per heavy atom. The maximum atomic E-state index is 11.6. The van der Waals surface area contributed by atoms with Crippen molar-refractivity contribution in [2.75, 3.05) is 7.11 Å². The van der Waals surface area contributed by atoms with Crippen LogP contribution in [0.4, 0.5) is 0 Å². The summed E-state index contributed by atoms with van der Waals surface area (Å²) < 4.78 is 5.11. The van der Waals surface area contributed by atoms with Gasteiger partial charge in [-0.1, -0.05) is 5.22 Å². The normalized spacial score (nSPS) is 10.3. The number of nitrogens with one attached hydrogen (secondary N) is 2. The number of hydrogen-bond acceptors (Lipinski definition) is 6. The average molecular weight is 272 g/mol. The summed E-state index contributed by atoms with van der Waals surface area (Å²) in [5.74, 6) is -0.894. The molecular weight excluding hydrogens is 260 g/mol. The van der Waals surface area contributed by atoms with Gasteiger partial charge in [0.05, 0.1) is 24.3 Å². The predicted octanol–water partition coefficient (Wildman–Crippen LogP) is 1.60. The van der Waals surface area contributed by atoms with Gasteiger partial charge >= 0.3 is 0 Å². The van der Waals surface area contributed by atoms with E-state index >= 15 is 0 Å². The Morgan fingerprint density at radius 3 is 2.70 bits per heavy atom. The van der Waals surface area contributed by atoms with Crippen LogP contribution in [0.2, 0.25) is 0 Å². The highest BCUT2D eigenvalue weighted by atomic mass is 16.5. The Bertz CT molecular complexity index is 629. The summed E-state index contributed by atoms with van der Waals surface area (Å²) in [5.41, 5.74) is 9.15. The molecule has 0 bridgehead atoms. The van der Waals surface area contributed by atoms with E-state index in [0.29, 0.717) is 16.9 Å². The molecule has 7 nitrogen and oxygen atoms in total. The fraction of sp³-hybridized carbons (Fsp3) is 0.154. The molecule has 1 amide bonds. The lowest BCUT2D eigenvalue weighted by Gasteiger charge is -2.07. The molecule has 0 fully saturated rings. The third-order valence-electron chi connectivity index (χ3n) is 2.44. The molecule has 0 aromatic heterocycles. The number of benzene rings is 1. The molecule has 1 rings (SSSR count). The summed E-state index contributed by atoms with van der Waals surface area (Å²) in [6.45, 7) is 1.23. The lowest BCUT2D eigenvalue weighted by atomic mass is 10.0. The minimum absolute atomic E-state index is 0.163. The van der Waals surface area contributed by atoms with Gasteiger partial charge in [0.2, 0.25) is 0 Å². The summed E-state index contributed by atoms with van der Waals surface area (Å²) in [7, 11) is 1.42. The van der Waals surface area contributed by atoms with Gasteiger partial charge in [0.15, 0.2) is 5.78 Å². The average Bonchev–Trinajstić information content (AvgIpc) is 2.44. The number of carbonyl (C=O) groups is 2. The van der Waals surface area contributed by atoms with Crippen LogP contribution in [0, 0.1) is 16.9 Å². The molecule has 0 atom stereocenters. The van der Waals surface area contributed by atoms with Crippen LogP contribution in [0.3, 0.4) is 0 Å². The lowest BCUT2D eigenvalue weighted by molar-refractivity contribution is -0.121. The Labute approximate surface area is 115 Å². The third-order valence-corrected chi connectivity index (χ3v) is 2.44. The quantitative estimate of drug-likeness (QED) is 0.278. The van der Waals surface area contributed by atoms with Gasteiger partial charge in [0.1, 0.15) is 5.75 Å². The van der Waals surface area contributed by atoms with E-state index in [9.17, 15) is 9.59 Å². The third kappa shape index (κ3) is 3.49. The van der Waals surface area contributed by atoms with Gasteiger partial charge < -0.3 is 4.74 Å². The highest BCUT2D eigenvalue weighted by molar-refractivity contribution is 6.21. The molecule has 0 heterocycles. The zero-order chi connectivity index (χ0) is 15.1. The molecule has 0 radical (unpaired) electrons. The molecule has 0 spiro atoms. The Kier molecular flexibility index (Phi) is 5.12. The SMILES string of the molecule is COc1cc(C#N)ccc1/C=C(\C(C)=O)C(=O)NN=N. The number of Topliss-reactive ketones (excluding diaryl/α,β-unsaturated/α-hetero) is 1. The van der Waals surface area contributed by atoms with E-state index < -0.39 is 11.7 Å². The second-order valence-corrected chi connectivity index (χ2v) is 3.74. The summed E-state index contributed by atoms with van der Waals surface area (Å²) in [6.07, 6.45) is 1.32. The molecule has 0 aliphatic carbocycles. The number of nitriles is 1. The molecule has 2 N–H and O–H groups in total. The van der Waals surface area contributed by atoms with Gasteiger partial charge in [-0.15, -0.1) is 0 Å². The van der Waals surface area contributed by atoms with Crippen molar-refractivity contribution in [3.8, 4) is 11.8 Å². The zero-order valence-electron chi connectivity index (χ0n) is 10.9. The standard InChI is InChI=1S/C13H12N4O3/c1-8(18)11(13(19)16-17-15)6-10-4-3-9(7-14)5-12(10)20-2/h3-6H,1-2H3,(H2,15,16,19)/b11-6+. The smallest absolute Gasteiger partial charge is 0.276 e. The van der Waals surface area contributed by atoms with Crippen LogP contribution in [0.1, 0.15) is 18.1 Å². The van der Waals surface area contributed by atoms with E-state index in [1.165, 1.54) is 26.2 Å². The number of hydrogen-bond donors (Lipinski definition) is 2. The summed E-state index contributed by atoms with van der Waals surface area (Å²) in [6, 6.07) is 6.56. The van der Waals surface area contributed by atoms with Gasteiger partial charge in [-0.2, -0.15) is 10.8 Å². The Hall–Kier alpha value is -3.01. The van der Waals surface area contributed by atoms with Crippen molar-refractivity contribution in [2.45, 2.75) is 6.92 Å². The van der Waals surface area contributed by atoms with E-state index in [1.807, 2.05) is 11.5 Å². The first-order valence-corrected chi connectivity index (χ1v) is 5.51. The molecule has 1 aromatic rings. The van der Waals surface area contributed by atoms with Gasteiger partial charge in [0.25, 0.3) is 5.91 Å². The molecule has 0 saturated carbocycles. The highest BCUT2D eigenvalue weighted by Crippen LogP contribution is 2.23. The van der Waals surface area contributed by atoms with E-state index in [1.54, 1.807) is 12.1 Å². The minimum atomic E-state index is -0.779. The van der Waals surface area contributed by atoms with Crippen molar-refractivity contribution in [1.29, 1.82) is 10.8 Å². The predicted molar refractivity (Wildman–Crippen MR) is 69.7 cm³/mol. The van der Waals surface area contributed by atoms with Crippen molar-refractivity contribution in [1.82, 2.24) is 5.43 Å². The Balaban J connectivity index is 3.31. The van der Waals surface area contributed by atoms with Crippen molar-refractivity contribution in [2.24, 2.45) is 5.22 Å². The number of amides is 1. The molecule has 0 unspecified atom stereocenters. The van der Waals surface area contributed by atoms with Crippen molar-refractivity contribution >= 4 is 17.8 Å². The van der Waals surface area contributed by atoms with E-state index in [2.05, 4.69) is 5.22 Å². The van der Waals surface area contributed by atoms with Crippen molar-refractivity contribution in [3.05, 3.63) is 34.9 Å². The summed E-state index contributed by atoms with van der Waals surface area (Å²) in [5, 5.41) is 11.5. The fourth-order valence-electron chi connectivity index (χ4n) is 1.49. The molecule has 0 aliphatic heterocycles. The van der Waals surface area contributed by atoms with Crippen molar-refractivity contribution < 1.29 is 14.3 Å². The monoisotopic (exact) mass is 272 g/mol. The number of nitrogens with zero attached hydrogens (tertiary/aromatic N) is 2. The van der Waals surface area contributed by atoms with Gasteiger partial charge in [-0.25, -0.2) is 5.43 Å². The maximum Gasteiger partial charge on any atom is 0.276 e. The van der Waals surface area contributed by atoms with Crippen LogP contribution in [0.5, 0.6) is 5.75 Å².